The van der Waals surface area contributed by atoms with Crippen molar-refractivity contribution >= 4 is 11.8 Å². The summed E-state index contributed by atoms with van der Waals surface area (Å²) in [7, 11) is 0. The summed E-state index contributed by atoms with van der Waals surface area (Å²) in [6.07, 6.45) is 8.41. The maximum Gasteiger partial charge on any atom is 0.0365 e. The average Bonchev–Trinajstić information content (AvgIpc) is 2.30. The summed E-state index contributed by atoms with van der Waals surface area (Å²) in [6, 6.07) is 0.520. The summed E-state index contributed by atoms with van der Waals surface area (Å²) in [6.45, 7) is 9.58. The molecule has 0 aromatic heterocycles. The van der Waals surface area contributed by atoms with E-state index in [1.165, 1.54) is 49.9 Å². The fraction of sp³-hybridized carbons (Fsp3) is 0.857. The van der Waals surface area contributed by atoms with E-state index in [2.05, 4.69) is 37.5 Å². The van der Waals surface area contributed by atoms with Crippen LogP contribution in [0.15, 0.2) is 12.2 Å². The predicted molar refractivity (Wildman–Crippen MR) is 76.2 cm³/mol. The van der Waals surface area contributed by atoms with E-state index in [0.29, 0.717) is 6.04 Å². The topological polar surface area (TPSA) is 12.0 Å². The van der Waals surface area contributed by atoms with E-state index >= 15 is 0 Å². The lowest BCUT2D eigenvalue weighted by Crippen LogP contribution is -2.33. The fourth-order valence-corrected chi connectivity index (χ4v) is 3.69. The van der Waals surface area contributed by atoms with Gasteiger partial charge in [0.15, 0.2) is 0 Å². The zero-order valence-electron chi connectivity index (χ0n) is 10.9. The highest BCUT2D eigenvalue weighted by atomic mass is 32.2. The lowest BCUT2D eigenvalue weighted by Gasteiger charge is -2.24. The summed E-state index contributed by atoms with van der Waals surface area (Å²) >= 11 is 2.16. The Morgan fingerprint density at radius 2 is 2.06 bits per heavy atom. The first-order valence-corrected chi connectivity index (χ1v) is 7.79. The van der Waals surface area contributed by atoms with Gasteiger partial charge in [0.1, 0.15) is 0 Å². The third kappa shape index (κ3) is 5.40. The van der Waals surface area contributed by atoms with Crippen LogP contribution < -0.4 is 5.32 Å². The highest BCUT2D eigenvalue weighted by Crippen LogP contribution is 2.29. The Labute approximate surface area is 105 Å². The van der Waals surface area contributed by atoms with Crippen molar-refractivity contribution in [3.63, 3.8) is 0 Å². The lowest BCUT2D eigenvalue weighted by molar-refractivity contribution is 0.514. The van der Waals surface area contributed by atoms with Crippen LogP contribution >= 0.6 is 11.8 Å². The summed E-state index contributed by atoms with van der Waals surface area (Å²) < 4.78 is 0. The summed E-state index contributed by atoms with van der Waals surface area (Å²) in [5.41, 5.74) is 1.29. The molecule has 0 saturated heterocycles. The molecule has 0 spiro atoms. The zero-order valence-corrected chi connectivity index (χ0v) is 11.7. The van der Waals surface area contributed by atoms with E-state index in [0.717, 1.165) is 11.8 Å². The van der Waals surface area contributed by atoms with E-state index in [1.807, 2.05) is 0 Å². The van der Waals surface area contributed by atoms with Gasteiger partial charge in [0.2, 0.25) is 0 Å². The van der Waals surface area contributed by atoms with Crippen molar-refractivity contribution in [2.24, 2.45) is 0 Å². The van der Waals surface area contributed by atoms with Gasteiger partial charge in [0.25, 0.3) is 0 Å². The van der Waals surface area contributed by atoms with Gasteiger partial charge in [0, 0.05) is 17.0 Å². The van der Waals surface area contributed by atoms with Gasteiger partial charge in [0.05, 0.1) is 0 Å². The molecule has 0 amide bonds. The minimum Gasteiger partial charge on any atom is -0.310 e. The van der Waals surface area contributed by atoms with Gasteiger partial charge in [-0.2, -0.15) is 11.8 Å². The van der Waals surface area contributed by atoms with Crippen molar-refractivity contribution in [3.05, 3.63) is 12.2 Å². The molecule has 0 radical (unpaired) electrons. The third-order valence-corrected chi connectivity index (χ3v) is 4.75. The minimum atomic E-state index is 0.520. The van der Waals surface area contributed by atoms with Crippen LogP contribution in [-0.4, -0.2) is 23.6 Å². The molecule has 1 saturated carbocycles. The molecule has 1 fully saturated rings. The molecule has 1 rings (SSSR count). The lowest BCUT2D eigenvalue weighted by atomic mass is 10.0. The number of hydrogen-bond donors (Lipinski definition) is 1. The zero-order chi connectivity index (χ0) is 11.8. The van der Waals surface area contributed by atoms with Crippen molar-refractivity contribution in [3.8, 4) is 0 Å². The van der Waals surface area contributed by atoms with Crippen molar-refractivity contribution in [2.75, 3.05) is 12.3 Å². The minimum absolute atomic E-state index is 0.520. The molecule has 0 aromatic carbocycles. The van der Waals surface area contributed by atoms with Gasteiger partial charge in [-0.1, -0.05) is 38.3 Å². The van der Waals surface area contributed by atoms with Gasteiger partial charge in [-0.15, -0.1) is 0 Å². The first-order chi connectivity index (χ1) is 7.74. The largest absolute Gasteiger partial charge is 0.310 e. The number of hydrogen-bond acceptors (Lipinski definition) is 2. The smallest absolute Gasteiger partial charge is 0.0365 e. The highest BCUT2D eigenvalue weighted by Gasteiger charge is 2.16. The van der Waals surface area contributed by atoms with Gasteiger partial charge in [-0.05, 0) is 32.7 Å². The van der Waals surface area contributed by atoms with Crippen molar-refractivity contribution < 1.29 is 0 Å². The third-order valence-electron chi connectivity index (χ3n) is 3.29. The van der Waals surface area contributed by atoms with E-state index in [1.54, 1.807) is 0 Å². The molecule has 0 aromatic rings. The maximum atomic E-state index is 4.10. The van der Waals surface area contributed by atoms with E-state index in [-0.39, 0.29) is 0 Å². The summed E-state index contributed by atoms with van der Waals surface area (Å²) in [4.78, 5) is 0. The van der Waals surface area contributed by atoms with Crippen LogP contribution in [0.5, 0.6) is 0 Å². The van der Waals surface area contributed by atoms with E-state index in [4.69, 9.17) is 0 Å². The molecule has 1 nitrogen and oxygen atoms in total. The molecule has 0 bridgehead atoms. The van der Waals surface area contributed by atoms with Crippen LogP contribution in [0.3, 0.4) is 0 Å². The molecule has 1 atom stereocenters. The normalized spacial score (nSPS) is 19.6. The van der Waals surface area contributed by atoms with Gasteiger partial charge in [-0.3, -0.25) is 0 Å². The Kier molecular flexibility index (Phi) is 7.22. The van der Waals surface area contributed by atoms with Crippen LogP contribution in [0.2, 0.25) is 0 Å². The molecule has 0 aliphatic heterocycles. The second kappa shape index (κ2) is 8.19. The van der Waals surface area contributed by atoms with Crippen LogP contribution in [0.25, 0.3) is 0 Å². The van der Waals surface area contributed by atoms with Crippen LogP contribution in [-0.2, 0) is 0 Å². The molecule has 2 heteroatoms. The van der Waals surface area contributed by atoms with Gasteiger partial charge >= 0.3 is 0 Å². The summed E-state index contributed by atoms with van der Waals surface area (Å²) in [5.74, 6) is 1.21. The van der Waals surface area contributed by atoms with Gasteiger partial charge < -0.3 is 5.32 Å². The first-order valence-electron chi connectivity index (χ1n) is 6.74. The standard InChI is InChI=1S/C14H27NS/c1-4-10-15-14(12(2)3)11-16-13-8-6-5-7-9-13/h13-15H,2,4-11H2,1,3H3. The number of rotatable bonds is 7. The molecule has 1 aliphatic rings. The Balaban J connectivity index is 2.22. The molecular formula is C14H27NS. The second-order valence-corrected chi connectivity index (χ2v) is 6.28. The monoisotopic (exact) mass is 241 g/mol. The van der Waals surface area contributed by atoms with Crippen LogP contribution in [0, 0.1) is 0 Å². The Bertz CT molecular complexity index is 197. The SMILES string of the molecule is C=C(C)C(CSC1CCCCC1)NCCC. The maximum absolute atomic E-state index is 4.10. The molecule has 16 heavy (non-hydrogen) atoms. The Hall–Kier alpha value is 0.0500. The summed E-state index contributed by atoms with van der Waals surface area (Å²) in [5, 5.41) is 4.50. The Morgan fingerprint density at radius 3 is 2.62 bits per heavy atom. The van der Waals surface area contributed by atoms with Crippen LogP contribution in [0.1, 0.15) is 52.4 Å². The van der Waals surface area contributed by atoms with Crippen LogP contribution in [0.4, 0.5) is 0 Å². The van der Waals surface area contributed by atoms with Gasteiger partial charge in [-0.25, -0.2) is 0 Å². The van der Waals surface area contributed by atoms with E-state index < -0.39 is 0 Å². The number of thioether (sulfide) groups is 1. The van der Waals surface area contributed by atoms with Crippen molar-refractivity contribution in [2.45, 2.75) is 63.7 Å². The second-order valence-electron chi connectivity index (χ2n) is 4.95. The molecule has 0 heterocycles. The first kappa shape index (κ1) is 14.1. The van der Waals surface area contributed by atoms with E-state index in [9.17, 15) is 0 Å². The average molecular weight is 241 g/mol. The Morgan fingerprint density at radius 1 is 1.38 bits per heavy atom. The molecule has 94 valence electrons. The molecular weight excluding hydrogens is 214 g/mol. The quantitative estimate of drug-likeness (QED) is 0.676. The van der Waals surface area contributed by atoms with Crippen molar-refractivity contribution in [1.29, 1.82) is 0 Å². The molecule has 1 N–H and O–H groups in total. The number of nitrogens with one attached hydrogen (secondary N) is 1. The van der Waals surface area contributed by atoms with Crippen molar-refractivity contribution in [1.82, 2.24) is 5.32 Å². The fourth-order valence-electron chi connectivity index (χ4n) is 2.16. The predicted octanol–water partition coefficient (Wildman–Crippen LogP) is 4.00. The highest BCUT2D eigenvalue weighted by molar-refractivity contribution is 7.99. The molecule has 1 unspecified atom stereocenters. The molecule has 1 aliphatic carbocycles.